The minimum atomic E-state index is -4.13. The maximum absolute atomic E-state index is 13.6. The van der Waals surface area contributed by atoms with Crippen LogP contribution in [0.25, 0.3) is 6.08 Å². The van der Waals surface area contributed by atoms with Gasteiger partial charge in [-0.15, -0.1) is 0 Å². The minimum Gasteiger partial charge on any atom is -0.378 e. The van der Waals surface area contributed by atoms with Crippen LogP contribution in [0.2, 0.25) is 5.02 Å². The van der Waals surface area contributed by atoms with Crippen molar-refractivity contribution in [3.05, 3.63) is 130 Å². The lowest BCUT2D eigenvalue weighted by Crippen LogP contribution is -2.21. The van der Waals surface area contributed by atoms with E-state index in [-0.39, 0.29) is 22.1 Å². The Kier molecular flexibility index (Phi) is 6.65. The second kappa shape index (κ2) is 10.0. The fourth-order valence-electron chi connectivity index (χ4n) is 3.83. The predicted molar refractivity (Wildman–Crippen MR) is 145 cm³/mol. The fraction of sp³-hybridized carbons (Fsp3) is 0.0345. The zero-order chi connectivity index (χ0) is 26.0. The first-order valence-corrected chi connectivity index (χ1v) is 13.2. The zero-order valence-electron chi connectivity index (χ0n) is 19.7. The van der Waals surface area contributed by atoms with Crippen molar-refractivity contribution >= 4 is 45.1 Å². The highest BCUT2D eigenvalue weighted by atomic mass is 35.5. The number of hydrazone groups is 1. The van der Waals surface area contributed by atoms with Gasteiger partial charge in [0.1, 0.15) is 16.4 Å². The molecular formula is C29H21ClN2O4S. The number of carbonyl (C=O) groups excluding carboxylic acids is 1. The molecule has 0 aliphatic carbocycles. The molecule has 0 aromatic heterocycles. The molecule has 0 fully saturated rings. The summed E-state index contributed by atoms with van der Waals surface area (Å²) in [5.74, 6) is -0.326. The molecule has 0 saturated carbocycles. The highest BCUT2D eigenvalue weighted by molar-refractivity contribution is 7.87. The number of amides is 1. The van der Waals surface area contributed by atoms with Crippen molar-refractivity contribution in [3.8, 4) is 5.75 Å². The number of aryl methyl sites for hydroxylation is 1. The number of carbonyl (C=O) groups is 1. The Hall–Kier alpha value is -4.20. The number of nitrogens with zero attached hydrogens (tertiary/aromatic N) is 2. The van der Waals surface area contributed by atoms with Crippen LogP contribution in [0.1, 0.15) is 16.7 Å². The van der Waals surface area contributed by atoms with Crippen molar-refractivity contribution < 1.29 is 17.4 Å². The van der Waals surface area contributed by atoms with E-state index in [0.717, 1.165) is 11.1 Å². The van der Waals surface area contributed by atoms with Crippen molar-refractivity contribution in [1.82, 2.24) is 0 Å². The van der Waals surface area contributed by atoms with Gasteiger partial charge in [-0.2, -0.15) is 18.5 Å². The Balaban J connectivity index is 1.60. The molecule has 0 radical (unpaired) electrons. The molecule has 8 heteroatoms. The summed E-state index contributed by atoms with van der Waals surface area (Å²) in [6, 6.07) is 29.3. The maximum Gasteiger partial charge on any atom is 0.339 e. The minimum absolute atomic E-state index is 0.0189. The molecule has 1 heterocycles. The third-order valence-electron chi connectivity index (χ3n) is 5.71. The van der Waals surface area contributed by atoms with Crippen LogP contribution in [0.15, 0.2) is 119 Å². The Morgan fingerprint density at radius 2 is 1.51 bits per heavy atom. The fourth-order valence-corrected chi connectivity index (χ4v) is 4.97. The molecule has 184 valence electrons. The SMILES string of the molecule is Cc1ccc(S(=O)(=O)Oc2ccc(Cl)cc2/C=C2\C(=O)N(c3ccccc3)N=C2c2ccccc2)cc1. The summed E-state index contributed by atoms with van der Waals surface area (Å²) < 4.78 is 31.5. The number of hydrogen-bond donors (Lipinski definition) is 0. The van der Waals surface area contributed by atoms with E-state index >= 15 is 0 Å². The van der Waals surface area contributed by atoms with Crippen LogP contribution in [0.3, 0.4) is 0 Å². The molecule has 4 aromatic rings. The highest BCUT2D eigenvalue weighted by Crippen LogP contribution is 2.32. The van der Waals surface area contributed by atoms with Crippen LogP contribution in [-0.4, -0.2) is 20.0 Å². The van der Waals surface area contributed by atoms with Crippen molar-refractivity contribution in [2.45, 2.75) is 11.8 Å². The van der Waals surface area contributed by atoms with Crippen molar-refractivity contribution in [1.29, 1.82) is 0 Å². The molecule has 0 N–H and O–H groups in total. The van der Waals surface area contributed by atoms with Crippen molar-refractivity contribution in [2.24, 2.45) is 5.10 Å². The standard InChI is InChI=1S/C29H21ClN2O4S/c1-20-12-15-25(16-13-20)37(34,35)36-27-17-14-23(30)18-22(27)19-26-28(21-8-4-2-5-9-21)31-32(29(26)33)24-10-6-3-7-11-24/h2-19H,1H3/b26-19-. The molecule has 5 rings (SSSR count). The molecule has 1 aliphatic heterocycles. The summed E-state index contributed by atoms with van der Waals surface area (Å²) in [4.78, 5) is 13.6. The van der Waals surface area contributed by atoms with Crippen LogP contribution in [0, 0.1) is 6.92 Å². The van der Waals surface area contributed by atoms with Crippen LogP contribution in [0.5, 0.6) is 5.75 Å². The lowest BCUT2D eigenvalue weighted by Gasteiger charge is -2.12. The van der Waals surface area contributed by atoms with Gasteiger partial charge >= 0.3 is 10.1 Å². The second-order valence-corrected chi connectivity index (χ2v) is 10.3. The van der Waals surface area contributed by atoms with Crippen LogP contribution < -0.4 is 9.19 Å². The van der Waals surface area contributed by atoms with E-state index in [9.17, 15) is 13.2 Å². The highest BCUT2D eigenvalue weighted by Gasteiger charge is 2.32. The smallest absolute Gasteiger partial charge is 0.339 e. The van der Waals surface area contributed by atoms with Gasteiger partial charge in [0.2, 0.25) is 0 Å². The normalized spacial score (nSPS) is 14.6. The first kappa shape index (κ1) is 24.5. The van der Waals surface area contributed by atoms with Gasteiger partial charge in [0.25, 0.3) is 5.91 Å². The summed E-state index contributed by atoms with van der Waals surface area (Å²) in [5, 5.41) is 6.29. The van der Waals surface area contributed by atoms with Gasteiger partial charge in [-0.1, -0.05) is 77.8 Å². The van der Waals surface area contributed by atoms with E-state index in [0.29, 0.717) is 22.0 Å². The number of benzene rings is 4. The molecular weight excluding hydrogens is 508 g/mol. The van der Waals surface area contributed by atoms with Gasteiger partial charge in [-0.05, 0) is 55.5 Å². The molecule has 6 nitrogen and oxygen atoms in total. The monoisotopic (exact) mass is 528 g/mol. The van der Waals surface area contributed by atoms with E-state index in [1.54, 1.807) is 36.4 Å². The van der Waals surface area contributed by atoms with Crippen LogP contribution in [-0.2, 0) is 14.9 Å². The third-order valence-corrected chi connectivity index (χ3v) is 7.19. The van der Waals surface area contributed by atoms with Gasteiger partial charge in [-0.3, -0.25) is 4.79 Å². The lowest BCUT2D eigenvalue weighted by atomic mass is 10.00. The molecule has 1 amide bonds. The summed E-state index contributed by atoms with van der Waals surface area (Å²) in [5.41, 5.74) is 3.30. The van der Waals surface area contributed by atoms with E-state index < -0.39 is 10.1 Å². The molecule has 0 atom stereocenters. The quantitative estimate of drug-likeness (QED) is 0.219. The second-order valence-electron chi connectivity index (χ2n) is 8.36. The average molecular weight is 529 g/mol. The first-order chi connectivity index (χ1) is 17.8. The number of hydrogen-bond acceptors (Lipinski definition) is 5. The maximum atomic E-state index is 13.6. The molecule has 37 heavy (non-hydrogen) atoms. The topological polar surface area (TPSA) is 76.0 Å². The van der Waals surface area contributed by atoms with Gasteiger partial charge in [0.05, 0.1) is 11.3 Å². The largest absolute Gasteiger partial charge is 0.378 e. The summed E-state index contributed by atoms with van der Waals surface area (Å²) in [7, 11) is -4.13. The van der Waals surface area contributed by atoms with Gasteiger partial charge in [-0.25, -0.2) is 0 Å². The molecule has 0 unspecified atom stereocenters. The van der Waals surface area contributed by atoms with E-state index in [2.05, 4.69) is 5.10 Å². The Morgan fingerprint density at radius 3 is 2.19 bits per heavy atom. The van der Waals surface area contributed by atoms with E-state index in [4.69, 9.17) is 15.8 Å². The first-order valence-electron chi connectivity index (χ1n) is 11.4. The average Bonchev–Trinajstić information content (AvgIpc) is 3.22. The van der Waals surface area contributed by atoms with Crippen LogP contribution >= 0.6 is 11.6 Å². The Morgan fingerprint density at radius 1 is 0.865 bits per heavy atom. The number of rotatable bonds is 6. The van der Waals surface area contributed by atoms with Crippen molar-refractivity contribution in [2.75, 3.05) is 5.01 Å². The molecule has 4 aromatic carbocycles. The lowest BCUT2D eigenvalue weighted by molar-refractivity contribution is -0.114. The van der Waals surface area contributed by atoms with Gasteiger partial charge in [0.15, 0.2) is 0 Å². The molecule has 1 aliphatic rings. The molecule has 0 bridgehead atoms. The Labute approximate surface area is 220 Å². The van der Waals surface area contributed by atoms with Crippen molar-refractivity contribution in [3.63, 3.8) is 0 Å². The van der Waals surface area contributed by atoms with E-state index in [1.165, 1.54) is 29.3 Å². The summed E-state index contributed by atoms with van der Waals surface area (Å²) in [6.07, 6.45) is 1.56. The van der Waals surface area contributed by atoms with E-state index in [1.807, 2.05) is 55.5 Å². The molecule has 0 spiro atoms. The summed E-state index contributed by atoms with van der Waals surface area (Å²) in [6.45, 7) is 1.87. The zero-order valence-corrected chi connectivity index (χ0v) is 21.3. The third kappa shape index (κ3) is 5.18. The van der Waals surface area contributed by atoms with Gasteiger partial charge < -0.3 is 4.18 Å². The summed E-state index contributed by atoms with van der Waals surface area (Å²) >= 11 is 6.26. The van der Waals surface area contributed by atoms with Crippen LogP contribution in [0.4, 0.5) is 5.69 Å². The number of anilines is 1. The molecule has 0 saturated heterocycles. The predicted octanol–water partition coefficient (Wildman–Crippen LogP) is 6.25. The number of halogens is 1. The Bertz CT molecular complexity index is 1630. The number of para-hydroxylation sites is 1. The van der Waals surface area contributed by atoms with Gasteiger partial charge in [0, 0.05) is 16.1 Å².